The first-order valence-corrected chi connectivity index (χ1v) is 5.91. The fourth-order valence-corrected chi connectivity index (χ4v) is 1.58. The van der Waals surface area contributed by atoms with Crippen LogP contribution in [0.2, 0.25) is 0 Å². The van der Waals surface area contributed by atoms with Gasteiger partial charge in [-0.05, 0) is 13.8 Å². The standard InChI is InChI=1S/C10H18N6O2/c1-7(2)18-10-13-8(15-11)12-9(14-10)16-3-5-17-6-4-16/h7H,3-6,11H2,1-2H3,(H,12,13,14,15). The number of rotatable bonds is 4. The van der Waals surface area contributed by atoms with Gasteiger partial charge in [0.05, 0.1) is 19.3 Å². The summed E-state index contributed by atoms with van der Waals surface area (Å²) >= 11 is 0. The Labute approximate surface area is 105 Å². The molecule has 1 aliphatic heterocycles. The zero-order chi connectivity index (χ0) is 13.0. The normalized spacial score (nSPS) is 15.9. The lowest BCUT2D eigenvalue weighted by Gasteiger charge is -2.27. The largest absolute Gasteiger partial charge is 0.461 e. The third kappa shape index (κ3) is 3.17. The quantitative estimate of drug-likeness (QED) is 0.562. The number of hydrogen-bond donors (Lipinski definition) is 2. The van der Waals surface area contributed by atoms with Crippen molar-refractivity contribution >= 4 is 11.9 Å². The van der Waals surface area contributed by atoms with Crippen LogP contribution in [0.25, 0.3) is 0 Å². The van der Waals surface area contributed by atoms with Gasteiger partial charge in [0.25, 0.3) is 0 Å². The first-order chi connectivity index (χ1) is 8.69. The minimum atomic E-state index is -0.00411. The highest BCUT2D eigenvalue weighted by Gasteiger charge is 2.17. The monoisotopic (exact) mass is 254 g/mol. The first-order valence-electron chi connectivity index (χ1n) is 5.91. The molecule has 0 spiro atoms. The van der Waals surface area contributed by atoms with Crippen LogP contribution in [0.15, 0.2) is 0 Å². The average molecular weight is 254 g/mol. The molecule has 0 radical (unpaired) electrons. The van der Waals surface area contributed by atoms with Gasteiger partial charge in [-0.2, -0.15) is 15.0 Å². The number of hydrazine groups is 1. The maximum Gasteiger partial charge on any atom is 0.323 e. The van der Waals surface area contributed by atoms with Crippen LogP contribution < -0.4 is 20.9 Å². The van der Waals surface area contributed by atoms with Gasteiger partial charge in [-0.1, -0.05) is 0 Å². The second-order valence-corrected chi connectivity index (χ2v) is 4.15. The Kier molecular flexibility index (Phi) is 4.11. The highest BCUT2D eigenvalue weighted by molar-refractivity contribution is 5.38. The molecule has 2 heterocycles. The molecule has 3 N–H and O–H groups in total. The molecule has 8 nitrogen and oxygen atoms in total. The fourth-order valence-electron chi connectivity index (χ4n) is 1.58. The van der Waals surface area contributed by atoms with E-state index >= 15 is 0 Å². The zero-order valence-corrected chi connectivity index (χ0v) is 10.6. The van der Waals surface area contributed by atoms with E-state index in [0.717, 1.165) is 13.1 Å². The Morgan fingerprint density at radius 1 is 1.28 bits per heavy atom. The van der Waals surface area contributed by atoms with Crippen LogP contribution in [-0.2, 0) is 4.74 Å². The van der Waals surface area contributed by atoms with Gasteiger partial charge < -0.3 is 14.4 Å². The topological polar surface area (TPSA) is 98.4 Å². The maximum absolute atomic E-state index is 5.47. The van der Waals surface area contributed by atoms with Gasteiger partial charge in [0.1, 0.15) is 0 Å². The highest BCUT2D eigenvalue weighted by Crippen LogP contribution is 2.16. The predicted octanol–water partition coefficient (Wildman–Crippen LogP) is -0.219. The Hall–Kier alpha value is -1.67. The summed E-state index contributed by atoms with van der Waals surface area (Å²) < 4.78 is 10.8. The fraction of sp³-hybridized carbons (Fsp3) is 0.700. The van der Waals surface area contributed by atoms with Gasteiger partial charge in [0, 0.05) is 13.1 Å². The third-order valence-electron chi connectivity index (χ3n) is 2.37. The zero-order valence-electron chi connectivity index (χ0n) is 10.6. The van der Waals surface area contributed by atoms with Crippen LogP contribution in [0.4, 0.5) is 11.9 Å². The number of nitrogens with one attached hydrogen (secondary N) is 1. The molecule has 1 saturated heterocycles. The third-order valence-corrected chi connectivity index (χ3v) is 2.37. The van der Waals surface area contributed by atoms with Crippen molar-refractivity contribution in [1.29, 1.82) is 0 Å². The van der Waals surface area contributed by atoms with Crippen molar-refractivity contribution < 1.29 is 9.47 Å². The van der Waals surface area contributed by atoms with E-state index in [0.29, 0.717) is 25.1 Å². The van der Waals surface area contributed by atoms with Crippen LogP contribution in [-0.4, -0.2) is 47.4 Å². The van der Waals surface area contributed by atoms with Crippen molar-refractivity contribution in [2.24, 2.45) is 5.84 Å². The molecule has 1 aromatic heterocycles. The number of nitrogen functional groups attached to an aromatic ring is 1. The van der Waals surface area contributed by atoms with E-state index < -0.39 is 0 Å². The summed E-state index contributed by atoms with van der Waals surface area (Å²) in [7, 11) is 0. The van der Waals surface area contributed by atoms with Gasteiger partial charge in [-0.3, -0.25) is 5.43 Å². The van der Waals surface area contributed by atoms with Crippen LogP contribution in [0, 0.1) is 0 Å². The SMILES string of the molecule is CC(C)Oc1nc(NN)nc(N2CCOCC2)n1. The molecule has 0 amide bonds. The minimum Gasteiger partial charge on any atom is -0.461 e. The molecule has 0 unspecified atom stereocenters. The molecule has 1 aromatic rings. The van der Waals surface area contributed by atoms with Crippen LogP contribution >= 0.6 is 0 Å². The summed E-state index contributed by atoms with van der Waals surface area (Å²) in [5.74, 6) is 6.19. The Bertz CT molecular complexity index is 394. The van der Waals surface area contributed by atoms with Gasteiger partial charge >= 0.3 is 6.01 Å². The molecule has 100 valence electrons. The number of hydrogen-bond acceptors (Lipinski definition) is 8. The van der Waals surface area contributed by atoms with E-state index in [1.54, 1.807) is 0 Å². The van der Waals surface area contributed by atoms with Crippen molar-refractivity contribution in [3.8, 4) is 6.01 Å². The number of nitrogens with zero attached hydrogens (tertiary/aromatic N) is 4. The van der Waals surface area contributed by atoms with Gasteiger partial charge in [0.15, 0.2) is 0 Å². The van der Waals surface area contributed by atoms with E-state index in [-0.39, 0.29) is 12.1 Å². The van der Waals surface area contributed by atoms with E-state index in [2.05, 4.69) is 20.4 Å². The van der Waals surface area contributed by atoms with E-state index in [1.807, 2.05) is 18.7 Å². The lowest BCUT2D eigenvalue weighted by atomic mass is 10.4. The molecule has 2 rings (SSSR count). The molecular weight excluding hydrogens is 236 g/mol. The summed E-state index contributed by atoms with van der Waals surface area (Å²) in [6.45, 7) is 6.64. The molecule has 0 saturated carbocycles. The van der Waals surface area contributed by atoms with Crippen LogP contribution in [0.3, 0.4) is 0 Å². The second-order valence-electron chi connectivity index (χ2n) is 4.15. The maximum atomic E-state index is 5.47. The Balaban J connectivity index is 2.22. The Morgan fingerprint density at radius 2 is 2.00 bits per heavy atom. The molecule has 18 heavy (non-hydrogen) atoms. The lowest BCUT2D eigenvalue weighted by Crippen LogP contribution is -2.37. The number of anilines is 2. The number of ether oxygens (including phenoxy) is 2. The summed E-state index contributed by atoms with van der Waals surface area (Å²) in [5, 5.41) is 0. The highest BCUT2D eigenvalue weighted by atomic mass is 16.5. The van der Waals surface area contributed by atoms with Crippen molar-refractivity contribution in [1.82, 2.24) is 15.0 Å². The van der Waals surface area contributed by atoms with Gasteiger partial charge in [-0.25, -0.2) is 5.84 Å². The molecule has 1 aliphatic rings. The van der Waals surface area contributed by atoms with Crippen molar-refractivity contribution in [3.05, 3.63) is 0 Å². The average Bonchev–Trinajstić information content (AvgIpc) is 2.38. The summed E-state index contributed by atoms with van der Waals surface area (Å²) in [5.41, 5.74) is 2.42. The molecule has 0 aromatic carbocycles. The number of morpholine rings is 1. The number of aromatic nitrogens is 3. The van der Waals surface area contributed by atoms with Crippen LogP contribution in [0.1, 0.15) is 13.8 Å². The van der Waals surface area contributed by atoms with Gasteiger partial charge in [0.2, 0.25) is 11.9 Å². The molecule has 0 atom stereocenters. The van der Waals surface area contributed by atoms with E-state index in [4.69, 9.17) is 15.3 Å². The van der Waals surface area contributed by atoms with Crippen molar-refractivity contribution in [2.75, 3.05) is 36.6 Å². The van der Waals surface area contributed by atoms with E-state index in [9.17, 15) is 0 Å². The first kappa shape index (κ1) is 12.8. The van der Waals surface area contributed by atoms with Crippen molar-refractivity contribution in [2.45, 2.75) is 20.0 Å². The molecule has 1 fully saturated rings. The van der Waals surface area contributed by atoms with E-state index in [1.165, 1.54) is 0 Å². The summed E-state index contributed by atoms with van der Waals surface area (Å²) in [6, 6.07) is 0.273. The minimum absolute atomic E-state index is 0.00411. The molecule has 0 bridgehead atoms. The molecule has 8 heteroatoms. The lowest BCUT2D eigenvalue weighted by molar-refractivity contribution is 0.121. The summed E-state index contributed by atoms with van der Waals surface area (Å²) in [4.78, 5) is 14.6. The summed E-state index contributed by atoms with van der Waals surface area (Å²) in [6.07, 6.45) is -0.00411. The predicted molar refractivity (Wildman–Crippen MR) is 66.4 cm³/mol. The van der Waals surface area contributed by atoms with Gasteiger partial charge in [-0.15, -0.1) is 0 Å². The number of nitrogens with two attached hydrogens (primary N) is 1. The molecule has 0 aliphatic carbocycles. The molecular formula is C10H18N6O2. The van der Waals surface area contributed by atoms with Crippen LogP contribution in [0.5, 0.6) is 6.01 Å². The second kappa shape index (κ2) is 5.78. The Morgan fingerprint density at radius 3 is 2.61 bits per heavy atom. The van der Waals surface area contributed by atoms with Crippen molar-refractivity contribution in [3.63, 3.8) is 0 Å². The smallest absolute Gasteiger partial charge is 0.323 e.